The first-order valence-electron chi connectivity index (χ1n) is 5.84. The summed E-state index contributed by atoms with van der Waals surface area (Å²) in [6, 6.07) is 0. The molecule has 0 unspecified atom stereocenters. The topological polar surface area (TPSA) is 92.0 Å². The molecule has 0 bridgehead atoms. The van der Waals surface area contributed by atoms with E-state index in [2.05, 4.69) is 12.8 Å². The predicted octanol–water partition coefficient (Wildman–Crippen LogP) is -0.482. The highest BCUT2D eigenvalue weighted by Gasteiger charge is 2.25. The van der Waals surface area contributed by atoms with Gasteiger partial charge in [-0.1, -0.05) is 0 Å². The molecule has 0 aromatic carbocycles. The van der Waals surface area contributed by atoms with E-state index >= 15 is 0 Å². The number of morpholine rings is 1. The number of aromatic nitrogens is 1. The first-order chi connectivity index (χ1) is 9.52. The lowest BCUT2D eigenvalue weighted by Crippen LogP contribution is -2.42. The van der Waals surface area contributed by atoms with Gasteiger partial charge < -0.3 is 24.4 Å². The van der Waals surface area contributed by atoms with Crippen molar-refractivity contribution >= 4 is 5.91 Å². The Labute approximate surface area is 116 Å². The van der Waals surface area contributed by atoms with Crippen molar-refractivity contribution in [2.75, 3.05) is 26.3 Å². The molecule has 1 aliphatic heterocycles. The lowest BCUT2D eigenvalue weighted by molar-refractivity contribution is 0.0293. The second kappa shape index (κ2) is 6.63. The van der Waals surface area contributed by atoms with Crippen LogP contribution in [0.4, 0.5) is 0 Å². The highest BCUT2D eigenvalue weighted by atomic mass is 16.5. The summed E-state index contributed by atoms with van der Waals surface area (Å²) in [5.74, 6) is -1.77. The van der Waals surface area contributed by atoms with E-state index in [9.17, 15) is 19.8 Å². The molecule has 2 heterocycles. The summed E-state index contributed by atoms with van der Waals surface area (Å²) in [5.41, 5.74) is -1.07. The van der Waals surface area contributed by atoms with Crippen LogP contribution >= 0.6 is 0 Å². The highest BCUT2D eigenvalue weighted by Crippen LogP contribution is 2.18. The fourth-order valence-corrected chi connectivity index (χ4v) is 1.87. The molecule has 0 atom stereocenters. The number of hydrogen-bond acceptors (Lipinski definition) is 5. The summed E-state index contributed by atoms with van der Waals surface area (Å²) in [6.45, 7) is 1.68. The number of ether oxygens (including phenoxy) is 1. The zero-order chi connectivity index (χ0) is 15.3. The number of rotatable bonds is 1. The van der Waals surface area contributed by atoms with Crippen molar-refractivity contribution in [3.63, 3.8) is 0 Å². The molecule has 0 spiro atoms. The predicted molar refractivity (Wildman–Crippen MR) is 71.6 cm³/mol. The zero-order valence-corrected chi connectivity index (χ0v) is 11.1. The molecule has 2 rings (SSSR count). The molecule has 0 radical (unpaired) electrons. The molecule has 108 valence electrons. The van der Waals surface area contributed by atoms with E-state index in [0.29, 0.717) is 26.3 Å². The minimum Gasteiger partial charge on any atom is -0.503 e. The Morgan fingerprint density at radius 1 is 1.30 bits per heavy atom. The Morgan fingerprint density at radius 2 is 1.85 bits per heavy atom. The number of hydrogen-bond donors (Lipinski definition) is 2. The molecular weight excluding hydrogens is 264 g/mol. The number of aryl methyl sites for hydroxylation is 1. The average molecular weight is 280 g/mol. The van der Waals surface area contributed by atoms with E-state index < -0.39 is 22.8 Å². The number of pyridine rings is 1. The quantitative estimate of drug-likeness (QED) is 0.678. The van der Waals surface area contributed by atoms with Crippen molar-refractivity contribution in [2.24, 2.45) is 7.05 Å². The maximum Gasteiger partial charge on any atom is 0.274 e. The lowest BCUT2D eigenvalue weighted by Gasteiger charge is -2.27. The molecule has 20 heavy (non-hydrogen) atoms. The van der Waals surface area contributed by atoms with E-state index in [1.54, 1.807) is 0 Å². The van der Waals surface area contributed by atoms with Crippen LogP contribution in [0.5, 0.6) is 11.5 Å². The molecule has 0 saturated carbocycles. The number of carbonyl (C=O) groups excluding carboxylic acids is 1. The molecule has 1 amide bonds. The molecule has 7 heteroatoms. The van der Waals surface area contributed by atoms with Crippen LogP contribution in [0, 0.1) is 12.8 Å². The van der Waals surface area contributed by atoms with Crippen molar-refractivity contribution in [1.29, 1.82) is 0 Å². The Hall–Kier alpha value is -2.46. The Balaban J connectivity index is 0.000000956. The number of amides is 1. The highest BCUT2D eigenvalue weighted by molar-refractivity contribution is 5.95. The van der Waals surface area contributed by atoms with Crippen molar-refractivity contribution in [1.82, 2.24) is 9.47 Å². The van der Waals surface area contributed by atoms with E-state index in [1.807, 2.05) is 0 Å². The lowest BCUT2D eigenvalue weighted by atomic mass is 10.2. The summed E-state index contributed by atoms with van der Waals surface area (Å²) in [4.78, 5) is 25.1. The molecule has 1 saturated heterocycles. The molecular formula is C13H16N2O5. The number of terminal acetylenes is 1. The third kappa shape index (κ3) is 2.92. The summed E-state index contributed by atoms with van der Waals surface area (Å²) in [7, 11) is 1.48. The standard InChI is InChI=1S/C11H14N2O5.C2H2/c1-12-6-7(14)9(15)10(16)8(12)11(17)13-2-4-18-5-3-13;1-2/h6,14,16H,2-5H2,1H3;1-2H. The van der Waals surface area contributed by atoms with Gasteiger partial charge in [0.25, 0.3) is 11.3 Å². The second-order valence-corrected chi connectivity index (χ2v) is 4.06. The van der Waals surface area contributed by atoms with Crippen molar-refractivity contribution in [3.8, 4) is 24.3 Å². The van der Waals surface area contributed by atoms with Crippen LogP contribution in [-0.2, 0) is 11.8 Å². The van der Waals surface area contributed by atoms with Gasteiger partial charge in [0.1, 0.15) is 0 Å². The van der Waals surface area contributed by atoms with Gasteiger partial charge in [0.2, 0.25) is 0 Å². The van der Waals surface area contributed by atoms with E-state index in [1.165, 1.54) is 16.5 Å². The fraction of sp³-hybridized carbons (Fsp3) is 0.385. The molecule has 7 nitrogen and oxygen atoms in total. The maximum atomic E-state index is 12.2. The Morgan fingerprint density at radius 3 is 2.40 bits per heavy atom. The fourth-order valence-electron chi connectivity index (χ4n) is 1.87. The molecule has 1 aliphatic rings. The second-order valence-electron chi connectivity index (χ2n) is 4.06. The normalized spacial score (nSPS) is 14.2. The van der Waals surface area contributed by atoms with Crippen LogP contribution in [0.25, 0.3) is 0 Å². The largest absolute Gasteiger partial charge is 0.503 e. The SMILES string of the molecule is C#C.Cn1cc(O)c(=O)c(O)c1C(=O)N1CCOCC1. The van der Waals surface area contributed by atoms with Crippen LogP contribution in [0.1, 0.15) is 10.5 Å². The zero-order valence-electron chi connectivity index (χ0n) is 11.1. The Kier molecular flexibility index (Phi) is 5.17. The molecule has 1 fully saturated rings. The van der Waals surface area contributed by atoms with Crippen molar-refractivity contribution < 1.29 is 19.7 Å². The smallest absolute Gasteiger partial charge is 0.274 e. The summed E-state index contributed by atoms with van der Waals surface area (Å²) in [5, 5.41) is 18.9. The van der Waals surface area contributed by atoms with Crippen LogP contribution < -0.4 is 5.43 Å². The summed E-state index contributed by atoms with van der Waals surface area (Å²) >= 11 is 0. The van der Waals surface area contributed by atoms with Gasteiger partial charge in [-0.15, -0.1) is 12.8 Å². The van der Waals surface area contributed by atoms with E-state index in [0.717, 1.165) is 6.20 Å². The van der Waals surface area contributed by atoms with Crippen molar-refractivity contribution in [2.45, 2.75) is 0 Å². The minimum absolute atomic E-state index is 0.125. The molecule has 1 aromatic heterocycles. The van der Waals surface area contributed by atoms with Gasteiger partial charge >= 0.3 is 0 Å². The molecule has 1 aromatic rings. The minimum atomic E-state index is -0.940. The van der Waals surface area contributed by atoms with Crippen LogP contribution in [0.15, 0.2) is 11.0 Å². The average Bonchev–Trinajstić information content (AvgIpc) is 2.48. The van der Waals surface area contributed by atoms with Crippen LogP contribution in [0.2, 0.25) is 0 Å². The summed E-state index contributed by atoms with van der Waals surface area (Å²) < 4.78 is 6.36. The van der Waals surface area contributed by atoms with Gasteiger partial charge in [-0.25, -0.2) is 0 Å². The van der Waals surface area contributed by atoms with Gasteiger partial charge in [0.15, 0.2) is 17.2 Å². The van der Waals surface area contributed by atoms with Crippen LogP contribution in [0.3, 0.4) is 0 Å². The van der Waals surface area contributed by atoms with Gasteiger partial charge in [-0.3, -0.25) is 9.59 Å². The third-order valence-corrected chi connectivity index (χ3v) is 2.84. The van der Waals surface area contributed by atoms with Gasteiger partial charge in [0.05, 0.1) is 19.4 Å². The van der Waals surface area contributed by atoms with Gasteiger partial charge in [-0.2, -0.15) is 0 Å². The monoisotopic (exact) mass is 280 g/mol. The number of nitrogens with zero attached hydrogens (tertiary/aromatic N) is 2. The first-order valence-corrected chi connectivity index (χ1v) is 5.84. The Bertz CT molecular complexity index is 570. The number of aromatic hydroxyl groups is 2. The maximum absolute atomic E-state index is 12.2. The van der Waals surface area contributed by atoms with Crippen LogP contribution in [-0.4, -0.2) is 51.9 Å². The van der Waals surface area contributed by atoms with E-state index in [-0.39, 0.29) is 5.69 Å². The molecule has 0 aliphatic carbocycles. The summed E-state index contributed by atoms with van der Waals surface area (Å²) in [6.07, 6.45) is 9.11. The first kappa shape index (κ1) is 15.6. The molecule has 2 N–H and O–H groups in total. The van der Waals surface area contributed by atoms with Crippen molar-refractivity contribution in [3.05, 3.63) is 22.1 Å². The van der Waals surface area contributed by atoms with Gasteiger partial charge in [0, 0.05) is 20.1 Å². The third-order valence-electron chi connectivity index (χ3n) is 2.84. The van der Waals surface area contributed by atoms with Gasteiger partial charge in [-0.05, 0) is 0 Å². The number of carbonyl (C=O) groups is 1. The van der Waals surface area contributed by atoms with E-state index in [4.69, 9.17) is 4.74 Å².